The molecule has 0 bridgehead atoms. The highest BCUT2D eigenvalue weighted by molar-refractivity contribution is 7.89. The van der Waals surface area contributed by atoms with Crippen molar-refractivity contribution in [2.75, 3.05) is 19.6 Å². The molecule has 2 aromatic carbocycles. The van der Waals surface area contributed by atoms with Gasteiger partial charge in [0.15, 0.2) is 0 Å². The summed E-state index contributed by atoms with van der Waals surface area (Å²) in [5.74, 6) is -1.63. The van der Waals surface area contributed by atoms with Crippen molar-refractivity contribution in [3.63, 3.8) is 0 Å². The average Bonchev–Trinajstić information content (AvgIpc) is 2.82. The van der Waals surface area contributed by atoms with Crippen molar-refractivity contribution in [1.82, 2.24) is 20.5 Å². The summed E-state index contributed by atoms with van der Waals surface area (Å²) >= 11 is 0. The van der Waals surface area contributed by atoms with Crippen molar-refractivity contribution in [3.8, 4) is 0 Å². The fourth-order valence-electron chi connectivity index (χ4n) is 3.17. The molecule has 0 heterocycles. The molecule has 2 aromatic rings. The van der Waals surface area contributed by atoms with Crippen molar-refractivity contribution in [3.05, 3.63) is 64.7 Å². The van der Waals surface area contributed by atoms with Gasteiger partial charge in [0.1, 0.15) is 0 Å². The number of hydrazine groups is 1. The summed E-state index contributed by atoms with van der Waals surface area (Å²) in [4.78, 5) is 36.6. The number of nitrogens with one attached hydrogen (secondary N) is 3. The van der Waals surface area contributed by atoms with Gasteiger partial charge in [-0.3, -0.25) is 25.2 Å². The van der Waals surface area contributed by atoms with Gasteiger partial charge in [-0.05, 0) is 74.2 Å². The van der Waals surface area contributed by atoms with Crippen molar-refractivity contribution in [1.29, 1.82) is 0 Å². The molecule has 0 aliphatic carbocycles. The number of rotatable bonds is 10. The molecule has 34 heavy (non-hydrogen) atoms. The number of amides is 3. The third kappa shape index (κ3) is 7.13. The summed E-state index contributed by atoms with van der Waals surface area (Å²) in [6.07, 6.45) is 1.40. The summed E-state index contributed by atoms with van der Waals surface area (Å²) in [6, 6.07) is 10.7. The highest BCUT2D eigenvalue weighted by Crippen LogP contribution is 2.17. The second-order valence-corrected chi connectivity index (χ2v) is 9.85. The maximum atomic E-state index is 12.8. The molecular formula is C24H32N4O5S. The minimum Gasteiger partial charge on any atom is -0.343 e. The molecule has 9 nitrogen and oxygen atoms in total. The molecule has 0 aliphatic rings. The highest BCUT2D eigenvalue weighted by atomic mass is 32.2. The van der Waals surface area contributed by atoms with Crippen LogP contribution in [0.25, 0.3) is 0 Å². The second kappa shape index (κ2) is 12.3. The Balaban J connectivity index is 1.90. The zero-order valence-electron chi connectivity index (χ0n) is 20.0. The number of benzene rings is 2. The molecule has 0 fully saturated rings. The van der Waals surface area contributed by atoms with Crippen LogP contribution in [0.5, 0.6) is 0 Å². The first kappa shape index (κ1) is 27.0. The zero-order valence-corrected chi connectivity index (χ0v) is 20.8. The third-order valence-electron chi connectivity index (χ3n) is 5.19. The van der Waals surface area contributed by atoms with Gasteiger partial charge in [-0.25, -0.2) is 8.42 Å². The number of aryl methyl sites for hydroxylation is 2. The van der Waals surface area contributed by atoms with Gasteiger partial charge in [-0.1, -0.05) is 19.9 Å². The van der Waals surface area contributed by atoms with Crippen LogP contribution in [-0.2, 0) is 14.8 Å². The van der Waals surface area contributed by atoms with Crippen molar-refractivity contribution < 1.29 is 22.8 Å². The molecule has 3 N–H and O–H groups in total. The van der Waals surface area contributed by atoms with Crippen LogP contribution in [-0.4, -0.2) is 50.1 Å². The fourth-order valence-corrected chi connectivity index (χ4v) is 4.79. The lowest BCUT2D eigenvalue weighted by atomic mass is 10.1. The number of carbonyl (C=O) groups excluding carboxylic acids is 3. The van der Waals surface area contributed by atoms with E-state index in [2.05, 4.69) is 16.2 Å². The van der Waals surface area contributed by atoms with Crippen molar-refractivity contribution >= 4 is 27.7 Å². The van der Waals surface area contributed by atoms with E-state index >= 15 is 0 Å². The largest absolute Gasteiger partial charge is 0.343 e. The highest BCUT2D eigenvalue weighted by Gasteiger charge is 2.23. The first-order valence-electron chi connectivity index (χ1n) is 11.1. The normalized spacial score (nSPS) is 11.2. The summed E-state index contributed by atoms with van der Waals surface area (Å²) in [5, 5.41) is 2.44. The van der Waals surface area contributed by atoms with Crippen LogP contribution >= 0.6 is 0 Å². The monoisotopic (exact) mass is 488 g/mol. The van der Waals surface area contributed by atoms with Gasteiger partial charge in [-0.15, -0.1) is 0 Å². The Hall–Kier alpha value is -3.24. The van der Waals surface area contributed by atoms with E-state index in [9.17, 15) is 22.8 Å². The Morgan fingerprint density at radius 3 is 1.94 bits per heavy atom. The molecule has 0 atom stereocenters. The van der Waals surface area contributed by atoms with Crippen LogP contribution in [0.3, 0.4) is 0 Å². The van der Waals surface area contributed by atoms with E-state index in [4.69, 9.17) is 0 Å². The van der Waals surface area contributed by atoms with E-state index < -0.39 is 27.7 Å². The molecule has 3 amide bonds. The first-order chi connectivity index (χ1) is 16.1. The molecule has 10 heteroatoms. The molecule has 184 valence electrons. The number of hydrogen-bond donors (Lipinski definition) is 3. The average molecular weight is 489 g/mol. The van der Waals surface area contributed by atoms with Gasteiger partial charge >= 0.3 is 0 Å². The molecule has 0 aliphatic heterocycles. The van der Waals surface area contributed by atoms with Gasteiger partial charge in [0, 0.05) is 24.2 Å². The smallest absolute Gasteiger partial charge is 0.269 e. The standard InChI is InChI=1S/C24H32N4O5S/c1-5-13-28(14-6-2)34(32,33)21-11-9-19(10-12-21)23(30)25-16-22(29)26-27-24(31)20-8-7-17(3)18(4)15-20/h7-12,15H,5-6,13-14,16H2,1-4H3,(H,25,30)(H,26,29)(H,27,31). The number of nitrogens with zero attached hydrogens (tertiary/aromatic N) is 1. The Labute approximate surface area is 200 Å². The van der Waals surface area contributed by atoms with Crippen molar-refractivity contribution in [2.24, 2.45) is 0 Å². The summed E-state index contributed by atoms with van der Waals surface area (Å²) in [5.41, 5.74) is 7.17. The van der Waals surface area contributed by atoms with E-state index in [1.54, 1.807) is 12.1 Å². The molecule has 0 radical (unpaired) electrons. The molecule has 2 rings (SSSR count). The second-order valence-electron chi connectivity index (χ2n) is 7.91. The Morgan fingerprint density at radius 1 is 0.794 bits per heavy atom. The van der Waals surface area contributed by atoms with E-state index in [0.29, 0.717) is 31.5 Å². The van der Waals surface area contributed by atoms with Crippen molar-refractivity contribution in [2.45, 2.75) is 45.4 Å². The van der Waals surface area contributed by atoms with E-state index in [1.165, 1.54) is 28.6 Å². The summed E-state index contributed by atoms with van der Waals surface area (Å²) in [7, 11) is -3.64. The van der Waals surface area contributed by atoms with Crippen LogP contribution in [0.1, 0.15) is 58.5 Å². The molecule has 0 saturated carbocycles. The predicted octanol–water partition coefficient (Wildman–Crippen LogP) is 2.31. The topological polar surface area (TPSA) is 125 Å². The van der Waals surface area contributed by atoms with Gasteiger partial charge in [0.05, 0.1) is 11.4 Å². The van der Waals surface area contributed by atoms with Crippen LogP contribution in [0.4, 0.5) is 0 Å². The Kier molecular flexibility index (Phi) is 9.76. The van der Waals surface area contributed by atoms with E-state index in [-0.39, 0.29) is 17.0 Å². The number of hydrogen-bond acceptors (Lipinski definition) is 5. The SMILES string of the molecule is CCCN(CCC)S(=O)(=O)c1ccc(C(=O)NCC(=O)NNC(=O)c2ccc(C)c(C)c2)cc1. The number of sulfonamides is 1. The molecule has 0 unspecified atom stereocenters. The van der Waals surface area contributed by atoms with Gasteiger partial charge in [0.2, 0.25) is 10.0 Å². The lowest BCUT2D eigenvalue weighted by Gasteiger charge is -2.21. The number of carbonyl (C=O) groups is 3. The third-order valence-corrected chi connectivity index (χ3v) is 7.11. The Bertz CT molecular complexity index is 1120. The van der Waals surface area contributed by atoms with Crippen LogP contribution in [0.2, 0.25) is 0 Å². The maximum Gasteiger partial charge on any atom is 0.269 e. The fraction of sp³-hybridized carbons (Fsp3) is 0.375. The lowest BCUT2D eigenvalue weighted by molar-refractivity contribution is -0.120. The van der Waals surface area contributed by atoms with Gasteiger partial charge < -0.3 is 5.32 Å². The molecule has 0 spiro atoms. The quantitative estimate of drug-likeness (QED) is 0.443. The minimum atomic E-state index is -3.64. The molecular weight excluding hydrogens is 456 g/mol. The zero-order chi connectivity index (χ0) is 25.3. The maximum absolute atomic E-state index is 12.8. The van der Waals surface area contributed by atoms with Crippen LogP contribution < -0.4 is 16.2 Å². The van der Waals surface area contributed by atoms with E-state index in [1.807, 2.05) is 33.8 Å². The van der Waals surface area contributed by atoms with Gasteiger partial charge in [-0.2, -0.15) is 4.31 Å². The van der Waals surface area contributed by atoms with Crippen LogP contribution in [0, 0.1) is 13.8 Å². The first-order valence-corrected chi connectivity index (χ1v) is 12.6. The van der Waals surface area contributed by atoms with E-state index in [0.717, 1.165) is 11.1 Å². The predicted molar refractivity (Wildman–Crippen MR) is 130 cm³/mol. The lowest BCUT2D eigenvalue weighted by Crippen LogP contribution is -2.46. The van der Waals surface area contributed by atoms with Gasteiger partial charge in [0.25, 0.3) is 17.7 Å². The molecule has 0 saturated heterocycles. The summed E-state index contributed by atoms with van der Waals surface area (Å²) < 4.78 is 27.1. The summed E-state index contributed by atoms with van der Waals surface area (Å²) in [6.45, 7) is 8.12. The minimum absolute atomic E-state index is 0.109. The van der Waals surface area contributed by atoms with Crippen LogP contribution in [0.15, 0.2) is 47.4 Å². The molecule has 0 aromatic heterocycles. The Morgan fingerprint density at radius 2 is 1.38 bits per heavy atom.